The lowest BCUT2D eigenvalue weighted by Crippen LogP contribution is -2.32. The molecule has 0 aliphatic carbocycles. The molecule has 1 fully saturated rings. The Labute approximate surface area is 163 Å². The third-order valence-electron chi connectivity index (χ3n) is 4.82. The zero-order valence-corrected chi connectivity index (χ0v) is 15.7. The molecule has 1 atom stereocenters. The van der Waals surface area contributed by atoms with Crippen molar-refractivity contribution in [2.75, 3.05) is 35.3 Å². The molecule has 1 saturated heterocycles. The number of nitrogens with zero attached hydrogens (tertiary/aromatic N) is 1. The number of nitrogens with one attached hydrogen (secondary N) is 2. The molecular formula is C21H23N3O4. The van der Waals surface area contributed by atoms with Crippen molar-refractivity contribution in [1.82, 2.24) is 0 Å². The molecule has 2 amide bonds. The lowest BCUT2D eigenvalue weighted by molar-refractivity contribution is -0.117. The maximum Gasteiger partial charge on any atom is 0.246 e. The standard InChI is InChI=1S/C21H23N3O4/c1-14(21(26)23-16-7-8-18-19(13-16)28-11-10-27-18)22-15-4-2-5-17(12-15)24-9-3-6-20(24)25/h2,4-5,7-8,12-14,22H,3,6,9-11H2,1H3,(H,23,26). The largest absolute Gasteiger partial charge is 0.486 e. The second-order valence-corrected chi connectivity index (χ2v) is 6.91. The molecule has 2 aromatic rings. The molecule has 1 unspecified atom stereocenters. The Morgan fingerprint density at radius 2 is 1.89 bits per heavy atom. The van der Waals surface area contributed by atoms with E-state index in [2.05, 4.69) is 10.6 Å². The van der Waals surface area contributed by atoms with Gasteiger partial charge in [0.25, 0.3) is 0 Å². The first-order valence-corrected chi connectivity index (χ1v) is 9.47. The van der Waals surface area contributed by atoms with E-state index in [1.54, 1.807) is 30.0 Å². The third-order valence-corrected chi connectivity index (χ3v) is 4.82. The fourth-order valence-electron chi connectivity index (χ4n) is 3.37. The van der Waals surface area contributed by atoms with Gasteiger partial charge in [-0.1, -0.05) is 6.07 Å². The summed E-state index contributed by atoms with van der Waals surface area (Å²) < 4.78 is 11.0. The van der Waals surface area contributed by atoms with Crippen molar-refractivity contribution in [3.63, 3.8) is 0 Å². The zero-order chi connectivity index (χ0) is 19.5. The lowest BCUT2D eigenvalue weighted by Gasteiger charge is -2.20. The Morgan fingerprint density at radius 1 is 1.07 bits per heavy atom. The van der Waals surface area contributed by atoms with E-state index in [0.717, 1.165) is 24.3 Å². The Morgan fingerprint density at radius 3 is 2.68 bits per heavy atom. The Bertz CT molecular complexity index is 899. The average molecular weight is 381 g/mol. The number of benzene rings is 2. The van der Waals surface area contributed by atoms with E-state index in [9.17, 15) is 9.59 Å². The smallest absolute Gasteiger partial charge is 0.246 e. The van der Waals surface area contributed by atoms with Gasteiger partial charge in [0.05, 0.1) is 0 Å². The summed E-state index contributed by atoms with van der Waals surface area (Å²) >= 11 is 0. The number of anilines is 3. The van der Waals surface area contributed by atoms with Crippen LogP contribution in [0.15, 0.2) is 42.5 Å². The molecule has 28 heavy (non-hydrogen) atoms. The SMILES string of the molecule is CC(Nc1cccc(N2CCCC2=O)c1)C(=O)Nc1ccc2c(c1)OCCO2. The second kappa shape index (κ2) is 7.80. The summed E-state index contributed by atoms with van der Waals surface area (Å²) in [5.41, 5.74) is 2.30. The van der Waals surface area contributed by atoms with E-state index in [0.29, 0.717) is 36.8 Å². The molecule has 7 nitrogen and oxygen atoms in total. The van der Waals surface area contributed by atoms with Crippen LogP contribution in [0.1, 0.15) is 19.8 Å². The molecule has 2 aliphatic heterocycles. The fraction of sp³-hybridized carbons (Fsp3) is 0.333. The van der Waals surface area contributed by atoms with E-state index in [1.807, 2.05) is 24.3 Å². The number of amides is 2. The van der Waals surface area contributed by atoms with E-state index in [-0.39, 0.29) is 11.8 Å². The quantitative estimate of drug-likeness (QED) is 0.832. The average Bonchev–Trinajstić information content (AvgIpc) is 3.14. The molecule has 146 valence electrons. The third kappa shape index (κ3) is 3.88. The number of hydrogen-bond acceptors (Lipinski definition) is 5. The summed E-state index contributed by atoms with van der Waals surface area (Å²) in [4.78, 5) is 26.3. The van der Waals surface area contributed by atoms with Crippen LogP contribution in [-0.2, 0) is 9.59 Å². The van der Waals surface area contributed by atoms with Crippen molar-refractivity contribution in [2.24, 2.45) is 0 Å². The van der Waals surface area contributed by atoms with Gasteiger partial charge in [-0.3, -0.25) is 9.59 Å². The maximum atomic E-state index is 12.6. The van der Waals surface area contributed by atoms with Gasteiger partial charge in [-0.25, -0.2) is 0 Å². The minimum absolute atomic E-state index is 0.140. The van der Waals surface area contributed by atoms with Gasteiger partial charge in [0.15, 0.2) is 11.5 Å². The van der Waals surface area contributed by atoms with E-state index in [4.69, 9.17) is 9.47 Å². The number of carbonyl (C=O) groups is 2. The van der Waals surface area contributed by atoms with Gasteiger partial charge >= 0.3 is 0 Å². The van der Waals surface area contributed by atoms with Gasteiger partial charge in [-0.2, -0.15) is 0 Å². The van der Waals surface area contributed by atoms with Crippen molar-refractivity contribution < 1.29 is 19.1 Å². The van der Waals surface area contributed by atoms with Crippen LogP contribution in [0.4, 0.5) is 17.1 Å². The first-order valence-electron chi connectivity index (χ1n) is 9.47. The van der Waals surface area contributed by atoms with Crippen LogP contribution in [0.2, 0.25) is 0 Å². The summed E-state index contributed by atoms with van der Waals surface area (Å²) in [7, 11) is 0. The molecule has 2 N–H and O–H groups in total. The molecule has 2 aliphatic rings. The predicted octanol–water partition coefficient (Wildman–Crippen LogP) is 3.02. The molecule has 2 heterocycles. The monoisotopic (exact) mass is 381 g/mol. The Balaban J connectivity index is 1.40. The van der Waals surface area contributed by atoms with Crippen LogP contribution in [0.3, 0.4) is 0 Å². The van der Waals surface area contributed by atoms with E-state index >= 15 is 0 Å². The number of fused-ring (bicyclic) bond motifs is 1. The molecular weight excluding hydrogens is 358 g/mol. The van der Waals surface area contributed by atoms with E-state index in [1.165, 1.54) is 0 Å². The molecule has 0 spiro atoms. The van der Waals surface area contributed by atoms with Crippen molar-refractivity contribution >= 4 is 28.9 Å². The molecule has 4 rings (SSSR count). The first-order chi connectivity index (χ1) is 13.6. The molecule has 7 heteroatoms. The summed E-state index contributed by atoms with van der Waals surface area (Å²) in [6.45, 7) is 3.56. The van der Waals surface area contributed by atoms with Crippen LogP contribution in [0, 0.1) is 0 Å². The predicted molar refractivity (Wildman–Crippen MR) is 107 cm³/mol. The van der Waals surface area contributed by atoms with Crippen LogP contribution >= 0.6 is 0 Å². The second-order valence-electron chi connectivity index (χ2n) is 6.91. The van der Waals surface area contributed by atoms with Gasteiger partial charge in [0.2, 0.25) is 11.8 Å². The summed E-state index contributed by atoms with van der Waals surface area (Å²) in [6, 6.07) is 12.5. The Kier molecular flexibility index (Phi) is 5.06. The highest BCUT2D eigenvalue weighted by molar-refractivity contribution is 5.97. The Hall–Kier alpha value is -3.22. The molecule has 0 radical (unpaired) electrons. The minimum atomic E-state index is -0.460. The minimum Gasteiger partial charge on any atom is -0.486 e. The summed E-state index contributed by atoms with van der Waals surface area (Å²) in [5, 5.41) is 6.08. The highest BCUT2D eigenvalue weighted by atomic mass is 16.6. The maximum absolute atomic E-state index is 12.6. The van der Waals surface area contributed by atoms with Gasteiger partial charge in [0.1, 0.15) is 19.3 Å². The van der Waals surface area contributed by atoms with Crippen LogP contribution in [0.25, 0.3) is 0 Å². The highest BCUT2D eigenvalue weighted by Crippen LogP contribution is 2.32. The van der Waals surface area contributed by atoms with Crippen LogP contribution < -0.4 is 25.0 Å². The van der Waals surface area contributed by atoms with Crippen molar-refractivity contribution in [3.8, 4) is 11.5 Å². The molecule has 0 aromatic heterocycles. The van der Waals surface area contributed by atoms with Crippen LogP contribution in [-0.4, -0.2) is 37.6 Å². The summed E-state index contributed by atoms with van der Waals surface area (Å²) in [6.07, 6.45) is 1.47. The number of rotatable bonds is 5. The first kappa shape index (κ1) is 18.2. The van der Waals surface area contributed by atoms with Gasteiger partial charge in [-0.05, 0) is 43.7 Å². The van der Waals surface area contributed by atoms with Crippen LogP contribution in [0.5, 0.6) is 11.5 Å². The topological polar surface area (TPSA) is 79.9 Å². The summed E-state index contributed by atoms with van der Waals surface area (Å²) in [5.74, 6) is 1.29. The highest BCUT2D eigenvalue weighted by Gasteiger charge is 2.22. The molecule has 0 saturated carbocycles. The number of ether oxygens (including phenoxy) is 2. The fourth-order valence-corrected chi connectivity index (χ4v) is 3.37. The van der Waals surface area contributed by atoms with Gasteiger partial charge < -0.3 is 25.0 Å². The molecule has 0 bridgehead atoms. The zero-order valence-electron chi connectivity index (χ0n) is 15.7. The molecule has 2 aromatic carbocycles. The lowest BCUT2D eigenvalue weighted by atomic mass is 10.2. The van der Waals surface area contributed by atoms with Crippen molar-refractivity contribution in [3.05, 3.63) is 42.5 Å². The van der Waals surface area contributed by atoms with Crippen molar-refractivity contribution in [1.29, 1.82) is 0 Å². The number of hydrogen-bond donors (Lipinski definition) is 2. The van der Waals surface area contributed by atoms with E-state index < -0.39 is 6.04 Å². The number of carbonyl (C=O) groups excluding carboxylic acids is 2. The van der Waals surface area contributed by atoms with Crippen molar-refractivity contribution in [2.45, 2.75) is 25.8 Å². The van der Waals surface area contributed by atoms with Gasteiger partial charge in [-0.15, -0.1) is 0 Å². The van der Waals surface area contributed by atoms with Gasteiger partial charge in [0, 0.05) is 36.1 Å². The normalized spacial score (nSPS) is 16.6.